The zero-order chi connectivity index (χ0) is 23.7. The van der Waals surface area contributed by atoms with Gasteiger partial charge in [-0.3, -0.25) is 9.59 Å². The van der Waals surface area contributed by atoms with Crippen LogP contribution in [0.4, 0.5) is 0 Å². The molecule has 7 heteroatoms. The number of carbonyl (C=O) groups excluding carboxylic acids is 1. The second-order valence-corrected chi connectivity index (χ2v) is 10.5. The average Bonchev–Trinajstić information content (AvgIpc) is 3.13. The van der Waals surface area contributed by atoms with Crippen molar-refractivity contribution >= 4 is 17.2 Å². The zero-order valence-corrected chi connectivity index (χ0v) is 21.1. The predicted octanol–water partition coefficient (Wildman–Crippen LogP) is 4.76. The first kappa shape index (κ1) is 23.6. The highest BCUT2D eigenvalue weighted by atomic mass is 32.1. The van der Waals surface area contributed by atoms with E-state index >= 15 is 0 Å². The molecule has 0 radical (unpaired) electrons. The number of rotatable bonds is 7. The quantitative estimate of drug-likeness (QED) is 0.613. The van der Waals surface area contributed by atoms with Gasteiger partial charge in [-0.15, -0.1) is 11.3 Å². The Bertz CT molecular complexity index is 1110. The lowest BCUT2D eigenvalue weighted by Gasteiger charge is -2.42. The summed E-state index contributed by atoms with van der Waals surface area (Å²) in [6.07, 6.45) is 7.00. The van der Waals surface area contributed by atoms with Gasteiger partial charge in [0, 0.05) is 40.3 Å². The SMILES string of the molecule is COC1=CN(C2CCC([C@H](C)c3scc(C(=O)NCc4c(C)cc(C)[nH]c4=O)c3C)CC2)C1. The summed E-state index contributed by atoms with van der Waals surface area (Å²) in [5.74, 6) is 2.06. The smallest absolute Gasteiger partial charge is 0.253 e. The summed E-state index contributed by atoms with van der Waals surface area (Å²) in [5, 5.41) is 4.93. The fourth-order valence-corrected chi connectivity index (χ4v) is 6.53. The molecule has 1 saturated carbocycles. The highest BCUT2D eigenvalue weighted by molar-refractivity contribution is 7.10. The monoisotopic (exact) mass is 469 g/mol. The number of carbonyl (C=O) groups is 1. The summed E-state index contributed by atoms with van der Waals surface area (Å²) >= 11 is 1.70. The molecule has 0 bridgehead atoms. The fraction of sp³-hybridized carbons (Fsp3) is 0.538. The van der Waals surface area contributed by atoms with Gasteiger partial charge < -0.3 is 19.9 Å². The third-order valence-corrected chi connectivity index (χ3v) is 8.77. The van der Waals surface area contributed by atoms with E-state index in [4.69, 9.17) is 4.74 Å². The van der Waals surface area contributed by atoms with E-state index in [1.807, 2.05) is 25.3 Å². The Hall–Kier alpha value is -2.54. The number of amides is 1. The van der Waals surface area contributed by atoms with E-state index in [2.05, 4.69) is 35.2 Å². The summed E-state index contributed by atoms with van der Waals surface area (Å²) in [5.41, 5.74) is 4.02. The van der Waals surface area contributed by atoms with E-state index < -0.39 is 0 Å². The molecule has 1 aliphatic carbocycles. The van der Waals surface area contributed by atoms with Crippen LogP contribution in [0.1, 0.15) is 76.1 Å². The number of pyridine rings is 1. The minimum absolute atomic E-state index is 0.108. The van der Waals surface area contributed by atoms with Crippen LogP contribution in [0.3, 0.4) is 0 Å². The lowest BCUT2D eigenvalue weighted by molar-refractivity contribution is 0.0950. The van der Waals surface area contributed by atoms with Crippen LogP contribution in [0.2, 0.25) is 0 Å². The number of nitrogens with one attached hydrogen (secondary N) is 2. The maximum absolute atomic E-state index is 12.9. The van der Waals surface area contributed by atoms with Gasteiger partial charge in [-0.05, 0) is 75.5 Å². The van der Waals surface area contributed by atoms with Crippen LogP contribution in [-0.2, 0) is 11.3 Å². The number of nitrogens with zero attached hydrogens (tertiary/aromatic N) is 1. The molecule has 1 aliphatic heterocycles. The number of hydrogen-bond acceptors (Lipinski definition) is 5. The van der Waals surface area contributed by atoms with Crippen molar-refractivity contribution in [3.05, 3.63) is 66.6 Å². The maximum Gasteiger partial charge on any atom is 0.253 e. The number of aromatic amines is 1. The van der Waals surface area contributed by atoms with Crippen molar-refractivity contribution in [2.45, 2.75) is 71.9 Å². The molecule has 0 saturated heterocycles. The van der Waals surface area contributed by atoms with E-state index in [1.54, 1.807) is 18.4 Å². The second kappa shape index (κ2) is 9.75. The van der Waals surface area contributed by atoms with Gasteiger partial charge >= 0.3 is 0 Å². The standard InChI is InChI=1S/C26H35N3O3S/c1-15-10-16(2)28-26(31)22(15)11-27-25(30)23-14-33-24(18(23)4)17(3)19-6-8-20(9-7-19)29-12-21(13-29)32-5/h10,12,14,17,19-20H,6-9,11,13H2,1-5H3,(H,27,30)(H,28,31)/t17-,19?,20?/m0/s1. The Labute approximate surface area is 200 Å². The van der Waals surface area contributed by atoms with Crippen molar-refractivity contribution in [3.8, 4) is 0 Å². The topological polar surface area (TPSA) is 74.4 Å². The van der Waals surface area contributed by atoms with Gasteiger partial charge in [0.25, 0.3) is 11.5 Å². The molecule has 3 heterocycles. The first-order chi connectivity index (χ1) is 15.8. The Balaban J connectivity index is 1.36. The van der Waals surface area contributed by atoms with Crippen molar-refractivity contribution in [2.24, 2.45) is 5.92 Å². The molecule has 0 aromatic carbocycles. The molecule has 0 spiro atoms. The molecule has 1 amide bonds. The van der Waals surface area contributed by atoms with Crippen molar-refractivity contribution in [1.29, 1.82) is 0 Å². The number of methoxy groups -OCH3 is 1. The van der Waals surface area contributed by atoms with Crippen LogP contribution in [0, 0.1) is 26.7 Å². The second-order valence-electron chi connectivity index (χ2n) is 9.59. The molecule has 6 nitrogen and oxygen atoms in total. The van der Waals surface area contributed by atoms with Crippen molar-refractivity contribution < 1.29 is 9.53 Å². The van der Waals surface area contributed by atoms with Gasteiger partial charge in [0.15, 0.2) is 0 Å². The Morgan fingerprint density at radius 3 is 2.61 bits per heavy atom. The number of hydrogen-bond donors (Lipinski definition) is 2. The summed E-state index contributed by atoms with van der Waals surface area (Å²) in [6, 6.07) is 2.56. The molecule has 33 heavy (non-hydrogen) atoms. The summed E-state index contributed by atoms with van der Waals surface area (Å²) in [4.78, 5) is 31.7. The van der Waals surface area contributed by atoms with Gasteiger partial charge in [-0.25, -0.2) is 0 Å². The van der Waals surface area contributed by atoms with Gasteiger partial charge in [0.1, 0.15) is 5.76 Å². The molecule has 2 aromatic rings. The lowest BCUT2D eigenvalue weighted by atomic mass is 9.77. The third kappa shape index (κ3) is 4.88. The largest absolute Gasteiger partial charge is 0.498 e. The predicted molar refractivity (Wildman–Crippen MR) is 133 cm³/mol. The minimum atomic E-state index is -0.132. The first-order valence-electron chi connectivity index (χ1n) is 11.8. The van der Waals surface area contributed by atoms with Crippen LogP contribution in [0.5, 0.6) is 0 Å². The molecule has 1 atom stereocenters. The molecular weight excluding hydrogens is 434 g/mol. The number of H-pyrrole nitrogens is 1. The van der Waals surface area contributed by atoms with Gasteiger partial charge in [0.2, 0.25) is 0 Å². The molecule has 2 aliphatic rings. The molecule has 1 fully saturated rings. The van der Waals surface area contributed by atoms with Gasteiger partial charge in [-0.2, -0.15) is 0 Å². The number of aryl methyl sites for hydroxylation is 2. The Morgan fingerprint density at radius 2 is 1.97 bits per heavy atom. The van der Waals surface area contributed by atoms with Crippen LogP contribution < -0.4 is 10.9 Å². The van der Waals surface area contributed by atoms with Gasteiger partial charge in [-0.1, -0.05) is 6.92 Å². The van der Waals surface area contributed by atoms with Crippen LogP contribution in [-0.4, -0.2) is 35.5 Å². The zero-order valence-electron chi connectivity index (χ0n) is 20.3. The molecule has 2 aromatic heterocycles. The molecule has 2 N–H and O–H groups in total. The maximum atomic E-state index is 12.9. The molecule has 0 unspecified atom stereocenters. The summed E-state index contributed by atoms with van der Waals surface area (Å²) in [6.45, 7) is 9.32. The van der Waals surface area contributed by atoms with E-state index in [-0.39, 0.29) is 18.0 Å². The van der Waals surface area contributed by atoms with E-state index in [0.717, 1.165) is 34.7 Å². The van der Waals surface area contributed by atoms with Crippen molar-refractivity contribution in [1.82, 2.24) is 15.2 Å². The van der Waals surface area contributed by atoms with Crippen molar-refractivity contribution in [2.75, 3.05) is 13.7 Å². The Morgan fingerprint density at radius 1 is 1.27 bits per heavy atom. The van der Waals surface area contributed by atoms with Crippen LogP contribution >= 0.6 is 11.3 Å². The summed E-state index contributed by atoms with van der Waals surface area (Å²) in [7, 11) is 1.74. The van der Waals surface area contributed by atoms with E-state index in [0.29, 0.717) is 23.4 Å². The fourth-order valence-electron chi connectivity index (χ4n) is 5.31. The average molecular weight is 470 g/mol. The van der Waals surface area contributed by atoms with Crippen LogP contribution in [0.15, 0.2) is 28.2 Å². The molecular formula is C26H35N3O3S. The molecule has 178 valence electrons. The third-order valence-electron chi connectivity index (χ3n) is 7.48. The normalized spacial score (nSPS) is 21.2. The van der Waals surface area contributed by atoms with Gasteiger partial charge in [0.05, 0.1) is 19.2 Å². The number of thiophene rings is 1. The molecule has 4 rings (SSSR count). The highest BCUT2D eigenvalue weighted by Crippen LogP contribution is 2.41. The lowest BCUT2D eigenvalue weighted by Crippen LogP contribution is -2.41. The number of ether oxygens (including phenoxy) is 1. The minimum Gasteiger partial charge on any atom is -0.498 e. The van der Waals surface area contributed by atoms with E-state index in [9.17, 15) is 9.59 Å². The first-order valence-corrected chi connectivity index (χ1v) is 12.7. The van der Waals surface area contributed by atoms with E-state index in [1.165, 1.54) is 30.6 Å². The highest BCUT2D eigenvalue weighted by Gasteiger charge is 2.32. The number of aromatic nitrogens is 1. The van der Waals surface area contributed by atoms with Crippen LogP contribution in [0.25, 0.3) is 0 Å². The summed E-state index contributed by atoms with van der Waals surface area (Å²) < 4.78 is 5.29. The Kier molecular flexibility index (Phi) is 6.98. The van der Waals surface area contributed by atoms with Crippen molar-refractivity contribution in [3.63, 3.8) is 0 Å².